The number of benzene rings is 2. The molecule has 0 aromatic heterocycles. The summed E-state index contributed by atoms with van der Waals surface area (Å²) in [5.41, 5.74) is 1.93. The van der Waals surface area contributed by atoms with E-state index >= 15 is 0 Å². The van der Waals surface area contributed by atoms with E-state index in [0.717, 1.165) is 21.7 Å². The highest BCUT2D eigenvalue weighted by molar-refractivity contribution is 9.10. The van der Waals surface area contributed by atoms with Crippen LogP contribution >= 0.6 is 15.9 Å². The monoisotopic (exact) mass is 357 g/mol. The minimum absolute atomic E-state index is 0.279. The van der Waals surface area contributed by atoms with E-state index in [0.29, 0.717) is 5.56 Å². The number of hydrogen-bond donors (Lipinski definition) is 1. The predicted molar refractivity (Wildman–Crippen MR) is 81.2 cm³/mol. The van der Waals surface area contributed by atoms with Crippen molar-refractivity contribution in [2.75, 3.05) is 7.05 Å². The molecule has 112 valence electrons. The van der Waals surface area contributed by atoms with E-state index in [9.17, 15) is 13.2 Å². The van der Waals surface area contributed by atoms with Gasteiger partial charge in [0.1, 0.15) is 0 Å². The Balaban J connectivity index is 2.44. The third kappa shape index (κ3) is 3.66. The van der Waals surface area contributed by atoms with Crippen molar-refractivity contribution in [3.8, 4) is 0 Å². The molecule has 0 spiro atoms. The summed E-state index contributed by atoms with van der Waals surface area (Å²) in [5, 5.41) is 3.08. The molecule has 1 unspecified atom stereocenters. The van der Waals surface area contributed by atoms with Gasteiger partial charge in [0.15, 0.2) is 0 Å². The molecule has 1 atom stereocenters. The molecule has 0 aliphatic heterocycles. The van der Waals surface area contributed by atoms with Gasteiger partial charge in [-0.15, -0.1) is 0 Å². The summed E-state index contributed by atoms with van der Waals surface area (Å²) in [5.74, 6) is 0. The Kier molecular flexibility index (Phi) is 4.74. The summed E-state index contributed by atoms with van der Waals surface area (Å²) in [6, 6.07) is 10.9. The summed E-state index contributed by atoms with van der Waals surface area (Å²) in [6.07, 6.45) is -4.33. The van der Waals surface area contributed by atoms with E-state index in [4.69, 9.17) is 0 Å². The van der Waals surface area contributed by atoms with Gasteiger partial charge in [0, 0.05) is 4.47 Å². The molecule has 0 bridgehead atoms. The Morgan fingerprint density at radius 1 is 1.05 bits per heavy atom. The molecule has 1 nitrogen and oxygen atoms in total. The van der Waals surface area contributed by atoms with Crippen molar-refractivity contribution >= 4 is 15.9 Å². The van der Waals surface area contributed by atoms with Gasteiger partial charge in [0.05, 0.1) is 11.6 Å². The molecule has 0 heterocycles. The topological polar surface area (TPSA) is 12.0 Å². The maximum atomic E-state index is 12.8. The van der Waals surface area contributed by atoms with E-state index < -0.39 is 11.7 Å². The number of nitrogens with one attached hydrogen (secondary N) is 1. The molecule has 0 fully saturated rings. The van der Waals surface area contributed by atoms with Crippen LogP contribution in [0.1, 0.15) is 28.3 Å². The average Bonchev–Trinajstić information content (AvgIpc) is 2.43. The van der Waals surface area contributed by atoms with Crippen molar-refractivity contribution in [2.24, 2.45) is 0 Å². The lowest BCUT2D eigenvalue weighted by atomic mass is 9.96. The molecular formula is C16H15BrF3N. The molecule has 1 N–H and O–H groups in total. The smallest absolute Gasteiger partial charge is 0.309 e. The highest BCUT2D eigenvalue weighted by Crippen LogP contribution is 2.32. The number of halogens is 4. The van der Waals surface area contributed by atoms with Crippen LogP contribution in [-0.4, -0.2) is 7.05 Å². The predicted octanol–water partition coefficient (Wildman–Crippen LogP) is 5.09. The van der Waals surface area contributed by atoms with E-state index in [-0.39, 0.29) is 6.04 Å². The molecule has 0 saturated heterocycles. The summed E-state index contributed by atoms with van der Waals surface area (Å²) < 4.78 is 39.5. The Hall–Kier alpha value is -1.33. The standard InChI is InChI=1S/C16H15BrF3N/c1-10-8-12(6-7-14(10)17)15(21-2)11-4-3-5-13(9-11)16(18,19)20/h3-9,15,21H,1-2H3. The Morgan fingerprint density at radius 3 is 2.29 bits per heavy atom. The number of rotatable bonds is 3. The van der Waals surface area contributed by atoms with Gasteiger partial charge >= 0.3 is 6.18 Å². The zero-order valence-corrected chi connectivity index (χ0v) is 13.2. The largest absolute Gasteiger partial charge is 0.416 e. The summed E-state index contributed by atoms with van der Waals surface area (Å²) in [7, 11) is 1.74. The van der Waals surface area contributed by atoms with Crippen LogP contribution < -0.4 is 5.32 Å². The van der Waals surface area contributed by atoms with Gasteiger partial charge in [-0.1, -0.05) is 40.2 Å². The first-order valence-corrected chi connectivity index (χ1v) is 7.22. The van der Waals surface area contributed by atoms with Crippen LogP contribution in [-0.2, 0) is 6.18 Å². The first-order chi connectivity index (χ1) is 9.82. The van der Waals surface area contributed by atoms with Gasteiger partial charge in [-0.25, -0.2) is 0 Å². The highest BCUT2D eigenvalue weighted by atomic mass is 79.9. The van der Waals surface area contributed by atoms with E-state index in [1.165, 1.54) is 12.1 Å². The van der Waals surface area contributed by atoms with Crippen LogP contribution in [0.4, 0.5) is 13.2 Å². The van der Waals surface area contributed by atoms with Gasteiger partial charge in [0.2, 0.25) is 0 Å². The van der Waals surface area contributed by atoms with Gasteiger partial charge in [0.25, 0.3) is 0 Å². The minimum atomic E-state index is -4.33. The van der Waals surface area contributed by atoms with Crippen LogP contribution in [0.15, 0.2) is 46.9 Å². The second-order valence-electron chi connectivity index (χ2n) is 4.85. The summed E-state index contributed by atoms with van der Waals surface area (Å²) >= 11 is 3.43. The normalized spacial score (nSPS) is 13.2. The zero-order valence-electron chi connectivity index (χ0n) is 11.6. The zero-order chi connectivity index (χ0) is 15.6. The van der Waals surface area contributed by atoms with E-state index in [1.807, 2.05) is 25.1 Å². The summed E-state index contributed by atoms with van der Waals surface area (Å²) in [4.78, 5) is 0. The molecule has 0 amide bonds. The molecule has 0 saturated carbocycles. The maximum Gasteiger partial charge on any atom is 0.416 e. The van der Waals surface area contributed by atoms with Crippen LogP contribution in [0.25, 0.3) is 0 Å². The molecule has 0 aliphatic carbocycles. The first kappa shape index (κ1) is 16.0. The van der Waals surface area contributed by atoms with Crippen LogP contribution in [0.2, 0.25) is 0 Å². The Labute approximate surface area is 130 Å². The fraction of sp³-hybridized carbons (Fsp3) is 0.250. The third-order valence-electron chi connectivity index (χ3n) is 3.35. The van der Waals surface area contributed by atoms with Crippen LogP contribution in [0.5, 0.6) is 0 Å². The van der Waals surface area contributed by atoms with Crippen molar-refractivity contribution in [3.05, 3.63) is 69.2 Å². The van der Waals surface area contributed by atoms with Gasteiger partial charge in [-0.2, -0.15) is 13.2 Å². The number of aryl methyl sites for hydroxylation is 1. The second kappa shape index (κ2) is 6.20. The van der Waals surface area contributed by atoms with E-state index in [1.54, 1.807) is 13.1 Å². The Morgan fingerprint density at radius 2 is 1.71 bits per heavy atom. The molecule has 5 heteroatoms. The summed E-state index contributed by atoms with van der Waals surface area (Å²) in [6.45, 7) is 1.95. The number of hydrogen-bond acceptors (Lipinski definition) is 1. The third-order valence-corrected chi connectivity index (χ3v) is 4.24. The SMILES string of the molecule is CNC(c1cccc(C(F)(F)F)c1)c1ccc(Br)c(C)c1. The molecule has 2 aromatic carbocycles. The molecule has 0 radical (unpaired) electrons. The lowest BCUT2D eigenvalue weighted by molar-refractivity contribution is -0.137. The van der Waals surface area contributed by atoms with Crippen molar-refractivity contribution < 1.29 is 13.2 Å². The van der Waals surface area contributed by atoms with Crippen molar-refractivity contribution in [2.45, 2.75) is 19.1 Å². The van der Waals surface area contributed by atoms with Crippen LogP contribution in [0.3, 0.4) is 0 Å². The van der Waals surface area contributed by atoms with Crippen LogP contribution in [0, 0.1) is 6.92 Å². The van der Waals surface area contributed by atoms with E-state index in [2.05, 4.69) is 21.2 Å². The van der Waals surface area contributed by atoms with Gasteiger partial charge in [-0.05, 0) is 48.9 Å². The minimum Gasteiger partial charge on any atom is -0.309 e. The van der Waals surface area contributed by atoms with Crippen molar-refractivity contribution in [1.82, 2.24) is 5.32 Å². The van der Waals surface area contributed by atoms with Crippen molar-refractivity contribution in [1.29, 1.82) is 0 Å². The maximum absolute atomic E-state index is 12.8. The second-order valence-corrected chi connectivity index (χ2v) is 5.71. The van der Waals surface area contributed by atoms with Gasteiger partial charge < -0.3 is 5.32 Å². The molecule has 2 rings (SSSR count). The Bertz CT molecular complexity index is 638. The lowest BCUT2D eigenvalue weighted by Crippen LogP contribution is -2.18. The fourth-order valence-corrected chi connectivity index (χ4v) is 2.51. The van der Waals surface area contributed by atoms with Crippen molar-refractivity contribution in [3.63, 3.8) is 0 Å². The number of alkyl halides is 3. The highest BCUT2D eigenvalue weighted by Gasteiger charge is 2.31. The molecule has 0 aliphatic rings. The molecule has 21 heavy (non-hydrogen) atoms. The molecule has 2 aromatic rings. The molecular weight excluding hydrogens is 343 g/mol. The quantitative estimate of drug-likeness (QED) is 0.806. The lowest BCUT2D eigenvalue weighted by Gasteiger charge is -2.19. The fourth-order valence-electron chi connectivity index (χ4n) is 2.27. The first-order valence-electron chi connectivity index (χ1n) is 6.43. The average molecular weight is 358 g/mol. The van der Waals surface area contributed by atoms with Gasteiger partial charge in [-0.3, -0.25) is 0 Å².